The Balaban J connectivity index is 1.90. The Kier molecular flexibility index (Phi) is 4.63. The van der Waals surface area contributed by atoms with Crippen molar-refractivity contribution < 1.29 is 19.6 Å². The zero-order chi connectivity index (χ0) is 21.4. The van der Waals surface area contributed by atoms with Crippen molar-refractivity contribution in [3.8, 4) is 5.75 Å². The molecule has 1 heterocycles. The van der Waals surface area contributed by atoms with E-state index in [0.717, 1.165) is 10.5 Å². The summed E-state index contributed by atoms with van der Waals surface area (Å²) in [5, 5.41) is 20.8. The van der Waals surface area contributed by atoms with Gasteiger partial charge in [-0.25, -0.2) is 4.90 Å². The number of benzene rings is 3. The predicted molar refractivity (Wildman–Crippen MR) is 112 cm³/mol. The van der Waals surface area contributed by atoms with Gasteiger partial charge in [0, 0.05) is 17.2 Å². The van der Waals surface area contributed by atoms with Gasteiger partial charge in [-0.15, -0.1) is 0 Å². The minimum Gasteiger partial charge on any atom is -0.502 e. The number of amides is 2. The third kappa shape index (κ3) is 3.22. The van der Waals surface area contributed by atoms with Crippen LogP contribution in [0.15, 0.2) is 66.7 Å². The van der Waals surface area contributed by atoms with Crippen molar-refractivity contribution in [2.75, 3.05) is 4.90 Å². The molecule has 0 fully saturated rings. The Morgan fingerprint density at radius 1 is 0.933 bits per heavy atom. The highest BCUT2D eigenvalue weighted by Gasteiger charge is 2.35. The van der Waals surface area contributed by atoms with Crippen LogP contribution in [0.4, 0.5) is 11.4 Å². The molecule has 7 heteroatoms. The zero-order valence-corrected chi connectivity index (χ0v) is 15.9. The molecule has 30 heavy (non-hydrogen) atoms. The average Bonchev–Trinajstić information content (AvgIpc) is 2.72. The molecule has 0 bridgehead atoms. The Morgan fingerprint density at radius 3 is 2.37 bits per heavy atom. The minimum atomic E-state index is -0.698. The van der Waals surface area contributed by atoms with Crippen molar-refractivity contribution in [1.29, 1.82) is 0 Å². The lowest BCUT2D eigenvalue weighted by atomic mass is 9.91. The van der Waals surface area contributed by atoms with Crippen LogP contribution >= 0.6 is 0 Å². The summed E-state index contributed by atoms with van der Waals surface area (Å²) >= 11 is 0. The Hall–Kier alpha value is -4.26. The quantitative estimate of drug-likeness (QED) is 0.305. The molecular weight excluding hydrogens is 384 g/mol. The molecule has 1 aliphatic rings. The molecular formula is C23H16N2O5. The second-order valence-electron chi connectivity index (χ2n) is 6.89. The van der Waals surface area contributed by atoms with E-state index in [0.29, 0.717) is 22.4 Å². The van der Waals surface area contributed by atoms with E-state index in [-0.39, 0.29) is 5.57 Å². The topological polar surface area (TPSA) is 101 Å². The van der Waals surface area contributed by atoms with E-state index in [1.165, 1.54) is 24.3 Å². The van der Waals surface area contributed by atoms with E-state index >= 15 is 0 Å². The van der Waals surface area contributed by atoms with Crippen LogP contribution in [0.2, 0.25) is 0 Å². The van der Waals surface area contributed by atoms with Gasteiger partial charge in [0.1, 0.15) is 0 Å². The summed E-state index contributed by atoms with van der Waals surface area (Å²) in [4.78, 5) is 38.0. The second kappa shape index (κ2) is 7.29. The molecule has 1 N–H and O–H groups in total. The number of imide groups is 1. The fourth-order valence-electron chi connectivity index (χ4n) is 3.44. The molecule has 0 atom stereocenters. The zero-order valence-electron chi connectivity index (χ0n) is 15.9. The van der Waals surface area contributed by atoms with Gasteiger partial charge in [0.05, 0.1) is 10.6 Å². The number of aryl methyl sites for hydroxylation is 1. The van der Waals surface area contributed by atoms with E-state index in [2.05, 4.69) is 0 Å². The standard InChI is InChI=1S/C23H16N2O5/c1-14-5-4-6-16(11-14)24-22(27)18-8-3-2-7-17(18)19(23(24)28)12-15-9-10-21(26)20(13-15)25(29)30/h2-13,26H,1H3. The highest BCUT2D eigenvalue weighted by Crippen LogP contribution is 2.35. The van der Waals surface area contributed by atoms with Crippen molar-refractivity contribution in [2.45, 2.75) is 6.92 Å². The number of nitrogens with zero attached hydrogens (tertiary/aromatic N) is 2. The SMILES string of the molecule is Cc1cccc(N2C(=O)C(=Cc3ccc(O)c([N+](=O)[O-])c3)c3ccccc3C2=O)c1. The van der Waals surface area contributed by atoms with Crippen LogP contribution in [0.1, 0.15) is 27.0 Å². The van der Waals surface area contributed by atoms with Gasteiger partial charge in [-0.3, -0.25) is 19.7 Å². The summed E-state index contributed by atoms with van der Waals surface area (Å²) < 4.78 is 0. The van der Waals surface area contributed by atoms with E-state index in [4.69, 9.17) is 0 Å². The van der Waals surface area contributed by atoms with Gasteiger partial charge in [0.2, 0.25) is 0 Å². The lowest BCUT2D eigenvalue weighted by molar-refractivity contribution is -0.385. The molecule has 2 amide bonds. The van der Waals surface area contributed by atoms with Crippen LogP contribution in [-0.2, 0) is 4.79 Å². The molecule has 0 aliphatic carbocycles. The first-order valence-electron chi connectivity index (χ1n) is 9.11. The summed E-state index contributed by atoms with van der Waals surface area (Å²) in [5.74, 6) is -1.43. The van der Waals surface area contributed by atoms with Crippen LogP contribution in [0, 0.1) is 17.0 Å². The first-order chi connectivity index (χ1) is 14.4. The van der Waals surface area contributed by atoms with Gasteiger partial charge in [-0.1, -0.05) is 36.4 Å². The van der Waals surface area contributed by atoms with Gasteiger partial charge < -0.3 is 5.11 Å². The number of phenols is 1. The van der Waals surface area contributed by atoms with Crippen LogP contribution in [0.3, 0.4) is 0 Å². The number of nitro benzene ring substituents is 1. The van der Waals surface area contributed by atoms with Gasteiger partial charge >= 0.3 is 5.69 Å². The van der Waals surface area contributed by atoms with Crippen LogP contribution in [0.25, 0.3) is 11.6 Å². The van der Waals surface area contributed by atoms with Gasteiger partial charge in [0.25, 0.3) is 11.8 Å². The molecule has 0 spiro atoms. The number of hydrogen-bond acceptors (Lipinski definition) is 5. The fraction of sp³-hybridized carbons (Fsp3) is 0.0435. The number of aromatic hydroxyl groups is 1. The number of fused-ring (bicyclic) bond motifs is 1. The molecule has 0 aromatic heterocycles. The third-order valence-electron chi connectivity index (χ3n) is 4.85. The maximum absolute atomic E-state index is 13.4. The number of anilines is 1. The summed E-state index contributed by atoms with van der Waals surface area (Å²) in [6.45, 7) is 1.86. The Labute approximate surface area is 171 Å². The number of hydrogen-bond donors (Lipinski definition) is 1. The van der Waals surface area contributed by atoms with E-state index < -0.39 is 28.2 Å². The van der Waals surface area contributed by atoms with Crippen molar-refractivity contribution in [2.24, 2.45) is 0 Å². The van der Waals surface area contributed by atoms with Gasteiger partial charge in [-0.05, 0) is 54.0 Å². The fourth-order valence-corrected chi connectivity index (χ4v) is 3.44. The number of rotatable bonds is 3. The van der Waals surface area contributed by atoms with Crippen molar-refractivity contribution in [3.05, 3.63) is 99.1 Å². The Bertz CT molecular complexity index is 1250. The van der Waals surface area contributed by atoms with E-state index in [1.54, 1.807) is 42.5 Å². The molecule has 0 unspecified atom stereocenters. The van der Waals surface area contributed by atoms with Crippen molar-refractivity contribution in [1.82, 2.24) is 0 Å². The van der Waals surface area contributed by atoms with Crippen LogP contribution in [-0.4, -0.2) is 21.8 Å². The summed E-state index contributed by atoms with van der Waals surface area (Å²) in [6, 6.07) is 17.6. The number of carbonyl (C=O) groups excluding carboxylic acids is 2. The molecule has 1 aliphatic heterocycles. The maximum Gasteiger partial charge on any atom is 0.311 e. The molecule has 7 nitrogen and oxygen atoms in total. The average molecular weight is 400 g/mol. The second-order valence-corrected chi connectivity index (χ2v) is 6.89. The summed E-state index contributed by atoms with van der Waals surface area (Å²) in [6.07, 6.45) is 1.49. The van der Waals surface area contributed by atoms with Crippen LogP contribution in [0.5, 0.6) is 5.75 Å². The largest absolute Gasteiger partial charge is 0.502 e. The van der Waals surface area contributed by atoms with Gasteiger partial charge in [-0.2, -0.15) is 0 Å². The maximum atomic E-state index is 13.4. The molecule has 4 rings (SSSR count). The van der Waals surface area contributed by atoms with Crippen molar-refractivity contribution >= 4 is 34.8 Å². The summed E-state index contributed by atoms with van der Waals surface area (Å²) in [7, 11) is 0. The Morgan fingerprint density at radius 2 is 1.67 bits per heavy atom. The third-order valence-corrected chi connectivity index (χ3v) is 4.85. The molecule has 0 radical (unpaired) electrons. The number of carbonyl (C=O) groups is 2. The highest BCUT2D eigenvalue weighted by atomic mass is 16.6. The highest BCUT2D eigenvalue weighted by molar-refractivity contribution is 6.43. The lowest BCUT2D eigenvalue weighted by Crippen LogP contribution is -2.41. The smallest absolute Gasteiger partial charge is 0.311 e. The normalized spacial score (nSPS) is 14.7. The molecule has 0 saturated heterocycles. The monoisotopic (exact) mass is 400 g/mol. The number of phenolic OH excluding ortho intramolecular Hbond substituents is 1. The van der Waals surface area contributed by atoms with E-state index in [9.17, 15) is 24.8 Å². The lowest BCUT2D eigenvalue weighted by Gasteiger charge is -2.29. The van der Waals surface area contributed by atoms with Crippen molar-refractivity contribution in [3.63, 3.8) is 0 Å². The van der Waals surface area contributed by atoms with Gasteiger partial charge in [0.15, 0.2) is 5.75 Å². The summed E-state index contributed by atoms with van der Waals surface area (Å²) in [5.41, 5.74) is 2.27. The van der Waals surface area contributed by atoms with Crippen LogP contribution < -0.4 is 4.90 Å². The predicted octanol–water partition coefficient (Wildman–Crippen LogP) is 4.34. The molecule has 3 aromatic carbocycles. The first kappa shape index (κ1) is 19.1. The number of nitro groups is 1. The first-order valence-corrected chi connectivity index (χ1v) is 9.11. The molecule has 0 saturated carbocycles. The molecule has 148 valence electrons. The molecule has 3 aromatic rings. The van der Waals surface area contributed by atoms with E-state index in [1.807, 2.05) is 13.0 Å². The minimum absolute atomic E-state index is 0.228.